The van der Waals surface area contributed by atoms with E-state index in [-0.39, 0.29) is 0 Å². The largest absolute Gasteiger partial charge is 0.317 e. The van der Waals surface area contributed by atoms with Gasteiger partial charge in [-0.3, -0.25) is 0 Å². The van der Waals surface area contributed by atoms with Gasteiger partial charge in [0.25, 0.3) is 0 Å². The summed E-state index contributed by atoms with van der Waals surface area (Å²) in [7, 11) is 0. The fourth-order valence-corrected chi connectivity index (χ4v) is 3.38. The number of fused-ring (bicyclic) bond motifs is 1. The molecule has 0 atom stereocenters. The Kier molecular flexibility index (Phi) is 3.75. The minimum atomic E-state index is 0.443. The van der Waals surface area contributed by atoms with Gasteiger partial charge in [0.1, 0.15) is 5.69 Å². The average Bonchev–Trinajstić information content (AvgIpc) is 3.06. The summed E-state index contributed by atoms with van der Waals surface area (Å²) in [4.78, 5) is 11.2. The molecule has 4 aromatic rings. The number of hydrogen-bond donors (Lipinski definition) is 0. The van der Waals surface area contributed by atoms with E-state index in [2.05, 4.69) is 56.1 Å². The summed E-state index contributed by atoms with van der Waals surface area (Å²) in [6, 6.07) is 23.9. The molecule has 4 heteroatoms. The Morgan fingerprint density at radius 2 is 1.67 bits per heavy atom. The van der Waals surface area contributed by atoms with Gasteiger partial charge in [0, 0.05) is 27.3 Å². The molecule has 0 unspecified atom stereocenters. The van der Waals surface area contributed by atoms with E-state index in [1.54, 1.807) is 6.07 Å². The standard InChI is InChI=1S/C20H13BrN2O/c21-14-9-10-19(22-24)18(13-14)16-7-4-8-20-17(16)11-12-23(20)15-5-2-1-3-6-15/h1-13H. The molecule has 0 bridgehead atoms. The molecule has 0 aliphatic carbocycles. The lowest BCUT2D eigenvalue weighted by atomic mass is 10.0. The van der Waals surface area contributed by atoms with Gasteiger partial charge < -0.3 is 4.57 Å². The molecule has 24 heavy (non-hydrogen) atoms. The van der Waals surface area contributed by atoms with Crippen molar-refractivity contribution in [2.24, 2.45) is 5.18 Å². The first-order valence-electron chi connectivity index (χ1n) is 7.57. The molecular weight excluding hydrogens is 364 g/mol. The summed E-state index contributed by atoms with van der Waals surface area (Å²) in [5.74, 6) is 0. The number of halogens is 1. The number of benzene rings is 3. The van der Waals surface area contributed by atoms with Crippen molar-refractivity contribution in [2.75, 3.05) is 0 Å². The second-order valence-corrected chi connectivity index (χ2v) is 6.43. The minimum absolute atomic E-state index is 0.443. The van der Waals surface area contributed by atoms with Crippen LogP contribution in [0.4, 0.5) is 5.69 Å². The third kappa shape index (κ3) is 2.45. The van der Waals surface area contributed by atoms with Crippen LogP contribution in [0.2, 0.25) is 0 Å². The molecule has 0 saturated heterocycles. The fraction of sp³-hybridized carbons (Fsp3) is 0. The van der Waals surface area contributed by atoms with E-state index >= 15 is 0 Å². The van der Waals surface area contributed by atoms with E-state index in [9.17, 15) is 4.91 Å². The number of rotatable bonds is 3. The first-order chi connectivity index (χ1) is 11.8. The minimum Gasteiger partial charge on any atom is -0.317 e. The Hall–Kier alpha value is -2.72. The van der Waals surface area contributed by atoms with Gasteiger partial charge in [-0.05, 0) is 53.2 Å². The van der Waals surface area contributed by atoms with Gasteiger partial charge in [-0.25, -0.2) is 0 Å². The van der Waals surface area contributed by atoms with Crippen LogP contribution in [0.25, 0.3) is 27.7 Å². The second kappa shape index (κ2) is 6.06. The van der Waals surface area contributed by atoms with Crippen LogP contribution in [0.5, 0.6) is 0 Å². The van der Waals surface area contributed by atoms with E-state index in [4.69, 9.17) is 0 Å². The normalized spacial score (nSPS) is 10.9. The summed E-state index contributed by atoms with van der Waals surface area (Å²) >= 11 is 3.48. The molecule has 0 fully saturated rings. The van der Waals surface area contributed by atoms with E-state index in [1.807, 2.05) is 42.5 Å². The molecule has 0 aliphatic rings. The van der Waals surface area contributed by atoms with E-state index in [0.29, 0.717) is 5.69 Å². The van der Waals surface area contributed by atoms with Crippen molar-refractivity contribution in [1.82, 2.24) is 4.57 Å². The average molecular weight is 377 g/mol. The lowest BCUT2D eigenvalue weighted by Crippen LogP contribution is -1.91. The quantitative estimate of drug-likeness (QED) is 0.378. The molecule has 0 aliphatic heterocycles. The molecule has 0 saturated carbocycles. The number of aromatic nitrogens is 1. The maximum Gasteiger partial charge on any atom is 0.115 e. The van der Waals surface area contributed by atoms with E-state index in [0.717, 1.165) is 32.2 Å². The van der Waals surface area contributed by atoms with Crippen LogP contribution in [0.1, 0.15) is 0 Å². The zero-order chi connectivity index (χ0) is 16.5. The number of nitroso groups, excluding NO2 is 1. The molecule has 4 rings (SSSR count). The molecule has 3 aromatic carbocycles. The van der Waals surface area contributed by atoms with E-state index in [1.165, 1.54) is 0 Å². The van der Waals surface area contributed by atoms with Crippen LogP contribution >= 0.6 is 15.9 Å². The topological polar surface area (TPSA) is 34.4 Å². The summed E-state index contributed by atoms with van der Waals surface area (Å²) in [5.41, 5.74) is 4.47. The zero-order valence-electron chi connectivity index (χ0n) is 12.7. The van der Waals surface area contributed by atoms with Crippen molar-refractivity contribution in [3.8, 4) is 16.8 Å². The Morgan fingerprint density at radius 1 is 0.833 bits per heavy atom. The van der Waals surface area contributed by atoms with Crippen molar-refractivity contribution in [3.05, 3.63) is 88.4 Å². The fourth-order valence-electron chi connectivity index (χ4n) is 3.02. The van der Waals surface area contributed by atoms with Gasteiger partial charge >= 0.3 is 0 Å². The maximum absolute atomic E-state index is 11.2. The summed E-state index contributed by atoms with van der Waals surface area (Å²) in [5, 5.41) is 4.27. The van der Waals surface area contributed by atoms with Crippen LogP contribution < -0.4 is 0 Å². The van der Waals surface area contributed by atoms with Gasteiger partial charge in [-0.15, -0.1) is 4.91 Å². The first kappa shape index (κ1) is 14.8. The third-order valence-corrected chi connectivity index (χ3v) is 4.61. The maximum atomic E-state index is 11.2. The number of nitrogens with zero attached hydrogens (tertiary/aromatic N) is 2. The smallest absolute Gasteiger partial charge is 0.115 e. The van der Waals surface area contributed by atoms with Crippen molar-refractivity contribution in [1.29, 1.82) is 0 Å². The first-order valence-corrected chi connectivity index (χ1v) is 8.36. The highest BCUT2D eigenvalue weighted by Gasteiger charge is 2.12. The van der Waals surface area contributed by atoms with Gasteiger partial charge in [0.05, 0.1) is 5.52 Å². The monoisotopic (exact) mass is 376 g/mol. The van der Waals surface area contributed by atoms with E-state index < -0.39 is 0 Å². The van der Waals surface area contributed by atoms with Gasteiger partial charge in [0.2, 0.25) is 0 Å². The Labute approximate surface area is 147 Å². The zero-order valence-corrected chi connectivity index (χ0v) is 14.3. The molecule has 0 spiro atoms. The van der Waals surface area contributed by atoms with Crippen LogP contribution in [-0.2, 0) is 0 Å². The Balaban J connectivity index is 1.98. The molecule has 0 amide bonds. The molecule has 116 valence electrons. The van der Waals surface area contributed by atoms with Crippen molar-refractivity contribution in [2.45, 2.75) is 0 Å². The van der Waals surface area contributed by atoms with Gasteiger partial charge in [-0.2, -0.15) is 0 Å². The molecule has 1 heterocycles. The van der Waals surface area contributed by atoms with Crippen molar-refractivity contribution >= 4 is 32.5 Å². The molecular formula is C20H13BrN2O. The molecule has 0 radical (unpaired) electrons. The number of hydrogen-bond acceptors (Lipinski definition) is 2. The lowest BCUT2D eigenvalue weighted by Gasteiger charge is -2.09. The third-order valence-electron chi connectivity index (χ3n) is 4.11. The predicted molar refractivity (Wildman–Crippen MR) is 102 cm³/mol. The van der Waals surface area contributed by atoms with Crippen LogP contribution in [-0.4, -0.2) is 4.57 Å². The number of para-hydroxylation sites is 1. The van der Waals surface area contributed by atoms with Gasteiger partial charge in [0.15, 0.2) is 0 Å². The van der Waals surface area contributed by atoms with Crippen molar-refractivity contribution in [3.63, 3.8) is 0 Å². The summed E-state index contributed by atoms with van der Waals surface area (Å²) < 4.78 is 3.06. The molecule has 0 N–H and O–H groups in total. The second-order valence-electron chi connectivity index (χ2n) is 5.51. The van der Waals surface area contributed by atoms with Crippen LogP contribution in [0, 0.1) is 4.91 Å². The Morgan fingerprint density at radius 3 is 2.46 bits per heavy atom. The SMILES string of the molecule is O=Nc1ccc(Br)cc1-c1cccc2c1ccn2-c1ccccc1. The Bertz CT molecular complexity index is 1040. The van der Waals surface area contributed by atoms with Crippen LogP contribution in [0.3, 0.4) is 0 Å². The highest BCUT2D eigenvalue weighted by atomic mass is 79.9. The summed E-state index contributed by atoms with van der Waals surface area (Å²) in [6.07, 6.45) is 2.05. The predicted octanol–water partition coefficient (Wildman–Crippen LogP) is 6.46. The summed E-state index contributed by atoms with van der Waals surface area (Å²) in [6.45, 7) is 0. The lowest BCUT2D eigenvalue weighted by molar-refractivity contribution is 1.13. The molecule has 3 nitrogen and oxygen atoms in total. The van der Waals surface area contributed by atoms with Crippen LogP contribution in [0.15, 0.2) is 88.6 Å². The van der Waals surface area contributed by atoms with Gasteiger partial charge in [-0.1, -0.05) is 46.3 Å². The molecule has 1 aromatic heterocycles. The van der Waals surface area contributed by atoms with Crippen molar-refractivity contribution < 1.29 is 0 Å². The highest BCUT2D eigenvalue weighted by molar-refractivity contribution is 9.10. The highest BCUT2D eigenvalue weighted by Crippen LogP contribution is 2.37.